The molecule has 0 bridgehead atoms. The summed E-state index contributed by atoms with van der Waals surface area (Å²) in [5.74, 6) is 0. The first-order valence-electron chi connectivity index (χ1n) is 0.783. The van der Waals surface area contributed by atoms with Crippen molar-refractivity contribution in [2.24, 2.45) is 0 Å². The van der Waals surface area contributed by atoms with E-state index in [2.05, 4.69) is 0 Å². The largest absolute Gasteiger partial charge is 1.00 e. The molecule has 0 aromatic carbocycles. The summed E-state index contributed by atoms with van der Waals surface area (Å²) in [4.78, 5) is 21.6. The zero-order valence-electron chi connectivity index (χ0n) is 5.35. The van der Waals surface area contributed by atoms with Gasteiger partial charge in [-0.3, -0.25) is 0 Å². The maximum absolute atomic E-state index is 8.88. The molecule has 0 aliphatic carbocycles. The third-order valence-corrected chi connectivity index (χ3v) is 0. The van der Waals surface area contributed by atoms with E-state index < -0.39 is 7.82 Å². The summed E-state index contributed by atoms with van der Waals surface area (Å²) in [5.41, 5.74) is 0. The molecule has 0 atom stereocenters. The van der Waals surface area contributed by atoms with Gasteiger partial charge in [0.25, 0.3) is 0 Å². The van der Waals surface area contributed by atoms with Crippen LogP contribution in [0.5, 0.6) is 0 Å². The van der Waals surface area contributed by atoms with Gasteiger partial charge in [0.05, 0.1) is 0 Å². The SMILES string of the molecule is N.O=P(O)(O)O.[H-].[Li+].[V]. The van der Waals surface area contributed by atoms with Gasteiger partial charge in [-0.1, -0.05) is 0 Å². The average Bonchev–Trinajstić information content (AvgIpc) is 0.722. The molecule has 0 spiro atoms. The van der Waals surface area contributed by atoms with Crippen molar-refractivity contribution in [3.05, 3.63) is 0 Å². The first-order chi connectivity index (χ1) is 2.00. The smallest absolute Gasteiger partial charge is 1.00 e. The summed E-state index contributed by atoms with van der Waals surface area (Å²) < 4.78 is 8.88. The van der Waals surface area contributed by atoms with Crippen LogP contribution < -0.4 is 25.0 Å². The van der Waals surface area contributed by atoms with Gasteiger partial charge in [0.1, 0.15) is 0 Å². The van der Waals surface area contributed by atoms with E-state index >= 15 is 0 Å². The Bertz CT molecular complexity index is 66.7. The Balaban J connectivity index is -0.0000000133. The van der Waals surface area contributed by atoms with Crippen LogP contribution in [0.2, 0.25) is 0 Å². The summed E-state index contributed by atoms with van der Waals surface area (Å²) in [6.07, 6.45) is 0. The molecule has 0 saturated carbocycles. The normalized spacial score (nSPS) is 7.38. The second-order valence-corrected chi connectivity index (χ2v) is 1.54. The van der Waals surface area contributed by atoms with E-state index in [1.165, 1.54) is 0 Å². The Morgan fingerprint density at radius 3 is 1.25 bits per heavy atom. The van der Waals surface area contributed by atoms with Crippen molar-refractivity contribution >= 4 is 7.82 Å². The van der Waals surface area contributed by atoms with E-state index in [1.807, 2.05) is 0 Å². The van der Waals surface area contributed by atoms with Gasteiger partial charge in [-0.25, -0.2) is 4.57 Å². The van der Waals surface area contributed by atoms with Crippen molar-refractivity contribution in [1.82, 2.24) is 6.15 Å². The Labute approximate surface area is 72.2 Å². The minimum Gasteiger partial charge on any atom is -1.00 e. The molecule has 0 amide bonds. The number of rotatable bonds is 0. The second kappa shape index (κ2) is 8.25. The fourth-order valence-corrected chi connectivity index (χ4v) is 0. The molecule has 0 aliphatic rings. The number of phosphoric acid groups is 1. The van der Waals surface area contributed by atoms with Gasteiger partial charge in [-0.15, -0.1) is 0 Å². The molecule has 0 rings (SSSR count). The van der Waals surface area contributed by atoms with Gasteiger partial charge in [0, 0.05) is 18.6 Å². The molecule has 0 fully saturated rings. The molecule has 0 unspecified atom stereocenters. The summed E-state index contributed by atoms with van der Waals surface area (Å²) in [7, 11) is -4.64. The fourth-order valence-electron chi connectivity index (χ4n) is 0. The summed E-state index contributed by atoms with van der Waals surface area (Å²) in [6, 6.07) is 0. The van der Waals surface area contributed by atoms with Crippen LogP contribution in [0.4, 0.5) is 0 Å². The van der Waals surface area contributed by atoms with Gasteiger partial charge in [-0.2, -0.15) is 0 Å². The minimum atomic E-state index is -4.64. The predicted molar refractivity (Wildman–Crippen MR) is 20.4 cm³/mol. The molecular formula is H7LiNO4PV. The van der Waals surface area contributed by atoms with Crippen LogP contribution in [0.15, 0.2) is 0 Å². The average molecular weight is 174 g/mol. The van der Waals surface area contributed by atoms with E-state index in [4.69, 9.17) is 19.2 Å². The summed E-state index contributed by atoms with van der Waals surface area (Å²) in [6.45, 7) is 0. The van der Waals surface area contributed by atoms with E-state index in [-0.39, 0.29) is 45.0 Å². The molecule has 0 saturated heterocycles. The second-order valence-electron chi connectivity index (χ2n) is 0.513. The van der Waals surface area contributed by atoms with Crippen molar-refractivity contribution in [2.45, 2.75) is 0 Å². The monoisotopic (exact) mass is 174 g/mol. The van der Waals surface area contributed by atoms with Crippen LogP contribution in [-0.4, -0.2) is 14.7 Å². The van der Waals surface area contributed by atoms with Crippen LogP contribution in [0.3, 0.4) is 0 Å². The maximum Gasteiger partial charge on any atom is 1.00 e. The van der Waals surface area contributed by atoms with Crippen molar-refractivity contribution in [3.8, 4) is 0 Å². The van der Waals surface area contributed by atoms with Crippen LogP contribution in [0.1, 0.15) is 1.43 Å². The van der Waals surface area contributed by atoms with Crippen molar-refractivity contribution < 1.29 is 58.1 Å². The zero-order valence-corrected chi connectivity index (χ0v) is 6.64. The standard InChI is InChI=1S/Li.H3N.H3O4P.V.H/c;;1-5(2,3)4;;/h;1H3;(H3,1,2,3,4);;/q+1;;;;-1. The Hall–Kier alpha value is 1.25. The third-order valence-electron chi connectivity index (χ3n) is 0. The summed E-state index contributed by atoms with van der Waals surface area (Å²) >= 11 is 0. The van der Waals surface area contributed by atoms with Crippen molar-refractivity contribution in [1.29, 1.82) is 0 Å². The number of hydrogen-bond acceptors (Lipinski definition) is 2. The first kappa shape index (κ1) is 22.8. The van der Waals surface area contributed by atoms with Gasteiger partial charge in [0.15, 0.2) is 0 Å². The van der Waals surface area contributed by atoms with Crippen molar-refractivity contribution in [3.63, 3.8) is 0 Å². The molecule has 0 aromatic heterocycles. The molecule has 8 heteroatoms. The van der Waals surface area contributed by atoms with Gasteiger partial charge in [0.2, 0.25) is 0 Å². The van der Waals surface area contributed by atoms with Crippen LogP contribution in [-0.2, 0) is 23.1 Å². The van der Waals surface area contributed by atoms with Crippen LogP contribution >= 0.6 is 7.82 Å². The molecule has 6 N–H and O–H groups in total. The van der Waals surface area contributed by atoms with Crippen molar-refractivity contribution in [2.75, 3.05) is 0 Å². The molecule has 8 heavy (non-hydrogen) atoms. The predicted octanol–water partition coefficient (Wildman–Crippen LogP) is -3.65. The molecule has 47 valence electrons. The topological polar surface area (TPSA) is 113 Å². The van der Waals surface area contributed by atoms with Gasteiger partial charge >= 0.3 is 26.7 Å². The molecule has 1 radical (unpaired) electrons. The quantitative estimate of drug-likeness (QED) is 0.223. The van der Waals surface area contributed by atoms with E-state index in [0.717, 1.165) is 0 Å². The number of hydrogen-bond donors (Lipinski definition) is 4. The molecule has 0 aromatic rings. The fraction of sp³-hybridized carbons (Fsp3) is 0. The Kier molecular flexibility index (Phi) is 23.6. The first-order valence-corrected chi connectivity index (χ1v) is 2.35. The molecule has 0 aliphatic heterocycles. The van der Waals surface area contributed by atoms with Crippen LogP contribution in [0, 0.1) is 0 Å². The maximum atomic E-state index is 8.88. The molecule has 5 nitrogen and oxygen atoms in total. The molecule has 0 heterocycles. The van der Waals surface area contributed by atoms with Gasteiger partial charge in [-0.05, 0) is 0 Å². The minimum absolute atomic E-state index is 0. The Morgan fingerprint density at radius 1 is 1.25 bits per heavy atom. The zero-order chi connectivity index (χ0) is 4.50. The van der Waals surface area contributed by atoms with E-state index in [9.17, 15) is 0 Å². The van der Waals surface area contributed by atoms with E-state index in [0.29, 0.717) is 0 Å². The Morgan fingerprint density at radius 2 is 1.25 bits per heavy atom. The molecular weight excluding hydrogens is 167 g/mol. The van der Waals surface area contributed by atoms with E-state index in [1.54, 1.807) is 0 Å². The van der Waals surface area contributed by atoms with Gasteiger partial charge < -0.3 is 22.3 Å². The third kappa shape index (κ3) is 181. The summed E-state index contributed by atoms with van der Waals surface area (Å²) in [5, 5.41) is 0. The van der Waals surface area contributed by atoms with Crippen LogP contribution in [0.25, 0.3) is 0 Å².